The number of hydrogen-bond acceptors (Lipinski definition) is 4. The monoisotopic (exact) mass is 353 g/mol. The maximum absolute atomic E-state index is 11.0. The van der Waals surface area contributed by atoms with Crippen LogP contribution in [0.1, 0.15) is 30.0 Å². The van der Waals surface area contributed by atoms with Gasteiger partial charge in [0.25, 0.3) is 0 Å². The van der Waals surface area contributed by atoms with E-state index in [2.05, 4.69) is 39.9 Å². The van der Waals surface area contributed by atoms with Gasteiger partial charge in [-0.15, -0.1) is 0 Å². The summed E-state index contributed by atoms with van der Waals surface area (Å²) in [6.07, 6.45) is 1.49. The first-order chi connectivity index (χ1) is 9.97. The second-order valence-corrected chi connectivity index (χ2v) is 5.85. The summed E-state index contributed by atoms with van der Waals surface area (Å²) in [5, 5.41) is 13.2. The van der Waals surface area contributed by atoms with E-state index in [4.69, 9.17) is 9.84 Å². The molecule has 1 N–H and O–H groups in total. The van der Waals surface area contributed by atoms with Gasteiger partial charge in [-0.2, -0.15) is 5.10 Å². The summed E-state index contributed by atoms with van der Waals surface area (Å²) in [5.74, 6) is 0.633. The Bertz CT molecular complexity index is 640. The summed E-state index contributed by atoms with van der Waals surface area (Å²) in [6, 6.07) is 4.65. The van der Waals surface area contributed by atoms with Crippen LogP contribution in [0.4, 0.5) is 0 Å². The smallest absolute Gasteiger partial charge is 0.335 e. The average Bonchev–Trinajstić information content (AvgIpc) is 2.84. The minimum absolute atomic E-state index is 0.178. The first-order valence-electron chi connectivity index (χ1n) is 6.49. The Morgan fingerprint density at radius 1 is 1.48 bits per heavy atom. The molecule has 1 aromatic heterocycles. The van der Waals surface area contributed by atoms with Gasteiger partial charge in [-0.05, 0) is 40.0 Å². The Balaban J connectivity index is 2.11. The number of hydrogen-bond donors (Lipinski definition) is 1. The molecule has 6 nitrogen and oxygen atoms in total. The van der Waals surface area contributed by atoms with Crippen LogP contribution in [0, 0.1) is 5.92 Å². The average molecular weight is 354 g/mol. The highest BCUT2D eigenvalue weighted by Crippen LogP contribution is 2.26. The van der Waals surface area contributed by atoms with E-state index in [1.54, 1.807) is 10.7 Å². The first kappa shape index (κ1) is 15.5. The van der Waals surface area contributed by atoms with Crippen molar-refractivity contribution in [3.8, 4) is 5.75 Å². The molecule has 0 unspecified atom stereocenters. The highest BCUT2D eigenvalue weighted by Gasteiger charge is 2.11. The van der Waals surface area contributed by atoms with Gasteiger partial charge in [-0.3, -0.25) is 0 Å². The third-order valence-electron chi connectivity index (χ3n) is 2.77. The molecule has 0 atom stereocenters. The lowest BCUT2D eigenvalue weighted by molar-refractivity contribution is 0.0696. The number of halogens is 1. The molecular formula is C14H16BrN3O3. The lowest BCUT2D eigenvalue weighted by atomic mass is 10.2. The summed E-state index contributed by atoms with van der Waals surface area (Å²) in [4.78, 5) is 15.1. The van der Waals surface area contributed by atoms with Crippen LogP contribution in [0.3, 0.4) is 0 Å². The molecule has 1 heterocycles. The number of ether oxygens (including phenoxy) is 1. The second kappa shape index (κ2) is 6.71. The number of rotatable bonds is 6. The maximum Gasteiger partial charge on any atom is 0.335 e. The number of aromatic nitrogens is 3. The molecular weight excluding hydrogens is 338 g/mol. The summed E-state index contributed by atoms with van der Waals surface area (Å²) < 4.78 is 8.15. The van der Waals surface area contributed by atoms with Crippen molar-refractivity contribution in [2.24, 2.45) is 5.92 Å². The largest absolute Gasteiger partial charge is 0.484 e. The Labute approximate surface area is 130 Å². The predicted octanol–water partition coefficient (Wildman–Crippen LogP) is 2.97. The number of carboxylic acid groups (broad SMARTS) is 1. The molecule has 0 saturated carbocycles. The number of aromatic carboxylic acids is 1. The lowest BCUT2D eigenvalue weighted by Gasteiger charge is -2.11. The van der Waals surface area contributed by atoms with E-state index < -0.39 is 5.97 Å². The van der Waals surface area contributed by atoms with Gasteiger partial charge < -0.3 is 9.84 Å². The van der Waals surface area contributed by atoms with Crippen molar-refractivity contribution in [3.63, 3.8) is 0 Å². The zero-order chi connectivity index (χ0) is 15.4. The Morgan fingerprint density at radius 2 is 2.24 bits per heavy atom. The van der Waals surface area contributed by atoms with Gasteiger partial charge in [0.1, 0.15) is 18.7 Å². The van der Waals surface area contributed by atoms with Crippen LogP contribution < -0.4 is 4.74 Å². The van der Waals surface area contributed by atoms with Crippen LogP contribution in [0.15, 0.2) is 29.0 Å². The normalized spacial score (nSPS) is 10.9. The van der Waals surface area contributed by atoms with Gasteiger partial charge in [-0.25, -0.2) is 14.5 Å². The lowest BCUT2D eigenvalue weighted by Crippen LogP contribution is -2.12. The fourth-order valence-corrected chi connectivity index (χ4v) is 2.15. The molecule has 1 aromatic carbocycles. The second-order valence-electron chi connectivity index (χ2n) is 4.99. The van der Waals surface area contributed by atoms with Crippen molar-refractivity contribution < 1.29 is 14.6 Å². The number of carbonyl (C=O) groups is 1. The fraction of sp³-hybridized carbons (Fsp3) is 0.357. The van der Waals surface area contributed by atoms with E-state index in [1.807, 2.05) is 0 Å². The van der Waals surface area contributed by atoms with Crippen molar-refractivity contribution in [2.75, 3.05) is 0 Å². The zero-order valence-corrected chi connectivity index (χ0v) is 13.4. The molecule has 0 aliphatic rings. The quantitative estimate of drug-likeness (QED) is 0.863. The van der Waals surface area contributed by atoms with Crippen molar-refractivity contribution in [1.29, 1.82) is 0 Å². The molecule has 0 radical (unpaired) electrons. The van der Waals surface area contributed by atoms with E-state index >= 15 is 0 Å². The van der Waals surface area contributed by atoms with Gasteiger partial charge in [-0.1, -0.05) is 13.8 Å². The molecule has 7 heteroatoms. The fourth-order valence-electron chi connectivity index (χ4n) is 1.79. The summed E-state index contributed by atoms with van der Waals surface area (Å²) in [5.41, 5.74) is 0.178. The highest BCUT2D eigenvalue weighted by atomic mass is 79.9. The summed E-state index contributed by atoms with van der Waals surface area (Å²) in [7, 11) is 0. The Morgan fingerprint density at radius 3 is 2.90 bits per heavy atom. The SMILES string of the molecule is CC(C)Cn1ncnc1COc1cc(C(=O)O)ccc1Br. The molecule has 0 amide bonds. The number of carboxylic acids is 1. The van der Waals surface area contributed by atoms with E-state index in [9.17, 15) is 4.79 Å². The van der Waals surface area contributed by atoms with Gasteiger partial charge >= 0.3 is 5.97 Å². The molecule has 2 aromatic rings. The topological polar surface area (TPSA) is 77.2 Å². The minimum Gasteiger partial charge on any atom is -0.484 e. The van der Waals surface area contributed by atoms with Crippen LogP contribution in [-0.2, 0) is 13.2 Å². The van der Waals surface area contributed by atoms with E-state index in [0.29, 0.717) is 22.0 Å². The molecule has 2 rings (SSSR count). The zero-order valence-electron chi connectivity index (χ0n) is 11.8. The van der Waals surface area contributed by atoms with Gasteiger partial charge in [0.2, 0.25) is 0 Å². The van der Waals surface area contributed by atoms with E-state index in [0.717, 1.165) is 6.54 Å². The summed E-state index contributed by atoms with van der Waals surface area (Å²) in [6.45, 7) is 5.18. The van der Waals surface area contributed by atoms with Gasteiger partial charge in [0.15, 0.2) is 5.82 Å². The van der Waals surface area contributed by atoms with Crippen molar-refractivity contribution >= 4 is 21.9 Å². The standard InChI is InChI=1S/C14H16BrN3O3/c1-9(2)6-18-13(16-8-17-18)7-21-12-5-10(14(19)20)3-4-11(12)15/h3-5,8-9H,6-7H2,1-2H3,(H,19,20). The van der Waals surface area contributed by atoms with E-state index in [-0.39, 0.29) is 12.2 Å². The third-order valence-corrected chi connectivity index (χ3v) is 3.42. The number of nitrogens with zero attached hydrogens (tertiary/aromatic N) is 3. The molecule has 21 heavy (non-hydrogen) atoms. The molecule has 0 aliphatic carbocycles. The first-order valence-corrected chi connectivity index (χ1v) is 7.29. The molecule has 0 fully saturated rings. The van der Waals surface area contributed by atoms with Crippen molar-refractivity contribution in [1.82, 2.24) is 14.8 Å². The molecule has 0 aliphatic heterocycles. The predicted molar refractivity (Wildman–Crippen MR) is 80.3 cm³/mol. The Kier molecular flexibility index (Phi) is 4.95. The van der Waals surface area contributed by atoms with Crippen LogP contribution in [0.2, 0.25) is 0 Å². The van der Waals surface area contributed by atoms with Crippen LogP contribution in [-0.4, -0.2) is 25.8 Å². The van der Waals surface area contributed by atoms with Crippen molar-refractivity contribution in [2.45, 2.75) is 27.0 Å². The van der Waals surface area contributed by atoms with Crippen molar-refractivity contribution in [3.05, 3.63) is 40.4 Å². The highest BCUT2D eigenvalue weighted by molar-refractivity contribution is 9.10. The Hall–Kier alpha value is -1.89. The van der Waals surface area contributed by atoms with E-state index in [1.165, 1.54) is 18.5 Å². The molecule has 112 valence electrons. The molecule has 0 spiro atoms. The van der Waals surface area contributed by atoms with Gasteiger partial charge in [0, 0.05) is 6.54 Å². The van der Waals surface area contributed by atoms with Crippen LogP contribution >= 0.6 is 15.9 Å². The van der Waals surface area contributed by atoms with Gasteiger partial charge in [0.05, 0.1) is 10.0 Å². The van der Waals surface area contributed by atoms with Crippen LogP contribution in [0.5, 0.6) is 5.75 Å². The summed E-state index contributed by atoms with van der Waals surface area (Å²) >= 11 is 3.34. The maximum atomic E-state index is 11.0. The van der Waals surface area contributed by atoms with Crippen LogP contribution in [0.25, 0.3) is 0 Å². The molecule has 0 saturated heterocycles. The molecule has 0 bridgehead atoms. The minimum atomic E-state index is -0.990. The third kappa shape index (κ3) is 4.04. The number of benzene rings is 1.